The van der Waals surface area contributed by atoms with Crippen molar-refractivity contribution in [2.45, 2.75) is 30.6 Å². The highest BCUT2D eigenvalue weighted by molar-refractivity contribution is 7.99. The molecule has 0 fully saturated rings. The molecule has 0 aromatic heterocycles. The molecule has 2 aromatic carbocycles. The van der Waals surface area contributed by atoms with Crippen LogP contribution in [0.2, 0.25) is 0 Å². The fraction of sp³-hybridized carbons (Fsp3) is 0.211. The van der Waals surface area contributed by atoms with Crippen molar-refractivity contribution in [1.82, 2.24) is 0 Å². The Balaban J connectivity index is 0.00000105. The Morgan fingerprint density at radius 1 is 1.08 bits per heavy atom. The van der Waals surface area contributed by atoms with Gasteiger partial charge in [0.25, 0.3) is 0 Å². The summed E-state index contributed by atoms with van der Waals surface area (Å²) in [6, 6.07) is 13.9. The number of ketones is 1. The third kappa shape index (κ3) is 7.50. The van der Waals surface area contributed by atoms with Crippen LogP contribution < -0.4 is 0 Å². The molecule has 0 radical (unpaired) electrons. The molecular weight excluding hydrogens is 354 g/mol. The molecule has 0 aliphatic carbocycles. The normalized spacial score (nSPS) is 10.5. The van der Waals surface area contributed by atoms with Crippen LogP contribution in [0.15, 0.2) is 63.5 Å². The van der Waals surface area contributed by atoms with Crippen LogP contribution in [0.5, 0.6) is 5.75 Å². The van der Waals surface area contributed by atoms with Gasteiger partial charge in [0.1, 0.15) is 11.5 Å². The van der Waals surface area contributed by atoms with Gasteiger partial charge in [0.2, 0.25) is 5.78 Å². The molecule has 2 N–H and O–H groups in total. The first-order valence-electron chi connectivity index (χ1n) is 7.82. The van der Waals surface area contributed by atoms with Crippen molar-refractivity contribution < 1.29 is 24.6 Å². The molecule has 0 aliphatic heterocycles. The number of Topliss-reactive ketones (excluding diaryl/α,β-unsaturated/α-hetero) is 1. The van der Waals surface area contributed by atoms with Crippen molar-refractivity contribution >= 4 is 29.2 Å². The van der Waals surface area contributed by atoms with Crippen molar-refractivity contribution in [1.29, 1.82) is 0 Å². The Kier molecular flexibility index (Phi) is 9.11. The van der Waals surface area contributed by atoms with E-state index < -0.39 is 5.97 Å². The van der Waals surface area contributed by atoms with Crippen LogP contribution in [0.3, 0.4) is 0 Å². The van der Waals surface area contributed by atoms with Gasteiger partial charge in [-0.15, -0.1) is 0 Å². The highest BCUT2D eigenvalue weighted by atomic mass is 32.2. The lowest BCUT2D eigenvalue weighted by Gasteiger charge is -2.05. The molecule has 0 saturated carbocycles. The molecule has 2 aromatic rings. The fourth-order valence-corrected chi connectivity index (χ4v) is 2.61. The van der Waals surface area contributed by atoms with Gasteiger partial charge in [0, 0.05) is 28.9 Å². The number of hydrogen-bond acceptors (Lipinski definition) is 7. The monoisotopic (exact) mass is 375 g/mol. The van der Waals surface area contributed by atoms with Gasteiger partial charge in [-0.3, -0.25) is 4.79 Å². The van der Waals surface area contributed by atoms with E-state index in [2.05, 4.69) is 9.99 Å². The van der Waals surface area contributed by atoms with Crippen molar-refractivity contribution in [3.8, 4) is 5.75 Å². The average molecular weight is 375 g/mol. The predicted molar refractivity (Wildman–Crippen MR) is 101 cm³/mol. The Labute approximate surface area is 156 Å². The molecule has 0 bridgehead atoms. The number of hydrogen-bond donors (Lipinski definition) is 2. The summed E-state index contributed by atoms with van der Waals surface area (Å²) in [6.07, 6.45) is 0. The van der Waals surface area contributed by atoms with E-state index in [-0.39, 0.29) is 23.9 Å². The highest BCUT2D eigenvalue weighted by Crippen LogP contribution is 2.29. The van der Waals surface area contributed by atoms with Crippen LogP contribution >= 0.6 is 11.8 Å². The molecular formula is C19H21NO5S. The second-order valence-corrected chi connectivity index (χ2v) is 6.18. The van der Waals surface area contributed by atoms with E-state index in [0.717, 1.165) is 9.79 Å². The second-order valence-electron chi connectivity index (χ2n) is 5.03. The summed E-state index contributed by atoms with van der Waals surface area (Å²) in [6.45, 7) is 4.64. The molecule has 0 atom stereocenters. The van der Waals surface area contributed by atoms with E-state index in [1.165, 1.54) is 25.6 Å². The van der Waals surface area contributed by atoms with E-state index in [9.17, 15) is 14.7 Å². The number of aliphatic hydroxyl groups excluding tert-OH is 1. The van der Waals surface area contributed by atoms with E-state index in [0.29, 0.717) is 5.56 Å². The molecule has 6 nitrogen and oxygen atoms in total. The summed E-state index contributed by atoms with van der Waals surface area (Å²) >= 11 is 1.47. The molecule has 0 spiro atoms. The standard InChI is InChI=1S/C17H15NO4S.C2H6O/c1-11(18-22-12(2)19)17(21)13-4-3-5-16(10-13)23-15-8-6-14(20)7-9-15;1-2-3/h3-10,20H,1-2H3;3H,2H2,1H3/b18-11+;. The minimum atomic E-state index is -0.575. The first kappa shape index (κ1) is 21.4. The summed E-state index contributed by atoms with van der Waals surface area (Å²) in [5.74, 6) is -0.677. The van der Waals surface area contributed by atoms with Gasteiger partial charge in [-0.25, -0.2) is 4.79 Å². The van der Waals surface area contributed by atoms with Crippen LogP contribution in [0.4, 0.5) is 0 Å². The van der Waals surface area contributed by atoms with E-state index in [4.69, 9.17) is 5.11 Å². The predicted octanol–water partition coefficient (Wildman–Crippen LogP) is 3.66. The summed E-state index contributed by atoms with van der Waals surface area (Å²) in [7, 11) is 0. The first-order valence-corrected chi connectivity index (χ1v) is 8.63. The number of rotatable bonds is 5. The number of oxime groups is 1. The molecule has 0 amide bonds. The van der Waals surface area contributed by atoms with Gasteiger partial charge in [-0.1, -0.05) is 29.1 Å². The Morgan fingerprint density at radius 3 is 2.27 bits per heavy atom. The van der Waals surface area contributed by atoms with Crippen molar-refractivity contribution in [3.05, 3.63) is 54.1 Å². The highest BCUT2D eigenvalue weighted by Gasteiger charge is 2.12. The molecule has 2 rings (SSSR count). The zero-order chi connectivity index (χ0) is 19.5. The van der Waals surface area contributed by atoms with E-state index in [1.54, 1.807) is 49.4 Å². The number of nitrogens with zero attached hydrogens (tertiary/aromatic N) is 1. The van der Waals surface area contributed by atoms with Crippen LogP contribution in [0, 0.1) is 0 Å². The third-order valence-electron chi connectivity index (χ3n) is 2.81. The molecule has 0 saturated heterocycles. The summed E-state index contributed by atoms with van der Waals surface area (Å²) in [4.78, 5) is 29.3. The van der Waals surface area contributed by atoms with Gasteiger partial charge in [-0.05, 0) is 50.2 Å². The van der Waals surface area contributed by atoms with Gasteiger partial charge >= 0.3 is 5.97 Å². The number of carbonyl (C=O) groups excluding carboxylic acids is 2. The van der Waals surface area contributed by atoms with Crippen molar-refractivity contribution in [2.24, 2.45) is 5.16 Å². The maximum absolute atomic E-state index is 12.2. The van der Waals surface area contributed by atoms with Crippen molar-refractivity contribution in [3.63, 3.8) is 0 Å². The Hall–Kier alpha value is -2.64. The number of benzene rings is 2. The zero-order valence-corrected chi connectivity index (χ0v) is 15.6. The second kappa shape index (κ2) is 11.1. The smallest absolute Gasteiger partial charge is 0.331 e. The first-order chi connectivity index (χ1) is 12.4. The summed E-state index contributed by atoms with van der Waals surface area (Å²) in [5.41, 5.74) is 0.564. The van der Waals surface area contributed by atoms with E-state index in [1.807, 2.05) is 6.07 Å². The molecule has 0 aliphatic rings. The van der Waals surface area contributed by atoms with Crippen LogP contribution in [0.1, 0.15) is 31.1 Å². The maximum atomic E-state index is 12.2. The number of aromatic hydroxyl groups is 1. The molecule has 0 unspecified atom stereocenters. The van der Waals surface area contributed by atoms with Gasteiger partial charge in [-0.2, -0.15) is 0 Å². The average Bonchev–Trinajstić information content (AvgIpc) is 2.62. The van der Waals surface area contributed by atoms with Crippen molar-refractivity contribution in [2.75, 3.05) is 6.61 Å². The third-order valence-corrected chi connectivity index (χ3v) is 3.81. The summed E-state index contributed by atoms with van der Waals surface area (Å²) in [5, 5.41) is 20.4. The lowest BCUT2D eigenvalue weighted by molar-refractivity contribution is -0.140. The molecule has 138 valence electrons. The van der Waals surface area contributed by atoms with Gasteiger partial charge in [0.15, 0.2) is 0 Å². The largest absolute Gasteiger partial charge is 0.508 e. The Bertz CT molecular complexity index is 772. The number of phenolic OH excluding ortho intramolecular Hbond substituents is 1. The fourth-order valence-electron chi connectivity index (χ4n) is 1.73. The molecule has 0 heterocycles. The number of aliphatic hydroxyl groups is 1. The van der Waals surface area contributed by atoms with Crippen LogP contribution in [0.25, 0.3) is 0 Å². The van der Waals surface area contributed by atoms with E-state index >= 15 is 0 Å². The van der Waals surface area contributed by atoms with Crippen LogP contribution in [-0.2, 0) is 9.63 Å². The number of carbonyl (C=O) groups is 2. The lowest BCUT2D eigenvalue weighted by atomic mass is 10.1. The summed E-state index contributed by atoms with van der Waals surface area (Å²) < 4.78 is 0. The topological polar surface area (TPSA) is 96.2 Å². The van der Waals surface area contributed by atoms with Gasteiger partial charge in [0.05, 0.1) is 0 Å². The minimum absolute atomic E-state index is 0.104. The van der Waals surface area contributed by atoms with Crippen LogP contribution in [-0.4, -0.2) is 34.3 Å². The zero-order valence-electron chi connectivity index (χ0n) is 14.8. The molecule has 26 heavy (non-hydrogen) atoms. The van der Waals surface area contributed by atoms with Gasteiger partial charge < -0.3 is 15.1 Å². The number of phenols is 1. The quantitative estimate of drug-likeness (QED) is 0.358. The minimum Gasteiger partial charge on any atom is -0.508 e. The lowest BCUT2D eigenvalue weighted by Crippen LogP contribution is -2.11. The Morgan fingerprint density at radius 2 is 1.69 bits per heavy atom. The maximum Gasteiger partial charge on any atom is 0.331 e. The molecule has 7 heteroatoms. The SMILES string of the molecule is CC(=O)O/N=C(\C)C(=O)c1cccc(Sc2ccc(O)cc2)c1.CCO.